The third-order valence-electron chi connectivity index (χ3n) is 6.39. The Morgan fingerprint density at radius 1 is 0.636 bits per heavy atom. The Balaban J connectivity index is 1.64. The van der Waals surface area contributed by atoms with Gasteiger partial charge in [0.2, 0.25) is 0 Å². The van der Waals surface area contributed by atoms with Crippen molar-refractivity contribution < 1.29 is 19.8 Å². The maximum absolute atomic E-state index is 11.5. The summed E-state index contributed by atoms with van der Waals surface area (Å²) in [5.41, 5.74) is 8.32. The Morgan fingerprint density at radius 3 is 1.82 bits per heavy atom. The van der Waals surface area contributed by atoms with E-state index in [9.17, 15) is 14.7 Å². The van der Waals surface area contributed by atoms with Crippen LogP contribution in [0, 0.1) is 13.8 Å². The van der Waals surface area contributed by atoms with E-state index in [-0.39, 0.29) is 5.56 Å². The average molecular weight is 435 g/mol. The molecule has 0 aliphatic heterocycles. The van der Waals surface area contributed by atoms with E-state index in [1.165, 1.54) is 0 Å². The van der Waals surface area contributed by atoms with Crippen molar-refractivity contribution in [1.29, 1.82) is 0 Å². The van der Waals surface area contributed by atoms with Crippen LogP contribution in [0.15, 0.2) is 72.8 Å². The van der Waals surface area contributed by atoms with Gasteiger partial charge in [-0.25, -0.2) is 9.59 Å². The predicted molar refractivity (Wildman–Crippen MR) is 130 cm³/mol. The minimum atomic E-state index is -0.942. The molecular weight excluding hydrogens is 414 g/mol. The fourth-order valence-corrected chi connectivity index (χ4v) is 4.41. The van der Waals surface area contributed by atoms with E-state index >= 15 is 0 Å². The lowest BCUT2D eigenvalue weighted by molar-refractivity contribution is 0.0685. The van der Waals surface area contributed by atoms with Gasteiger partial charge in [-0.1, -0.05) is 30.3 Å². The average Bonchev–Trinajstić information content (AvgIpc) is 3.17. The molecule has 0 saturated carbocycles. The van der Waals surface area contributed by atoms with E-state index in [1.54, 1.807) is 18.2 Å². The Morgan fingerprint density at radius 2 is 1.21 bits per heavy atom. The van der Waals surface area contributed by atoms with E-state index in [0.29, 0.717) is 5.56 Å². The maximum atomic E-state index is 11.5. The summed E-state index contributed by atoms with van der Waals surface area (Å²) in [6.45, 7) is 3.80. The summed E-state index contributed by atoms with van der Waals surface area (Å²) in [4.78, 5) is 26.1. The topological polar surface area (TPSA) is 90.4 Å². The second kappa shape index (κ2) is 7.64. The molecule has 5 nitrogen and oxygen atoms in total. The highest BCUT2D eigenvalue weighted by molar-refractivity contribution is 6.10. The lowest BCUT2D eigenvalue weighted by Gasteiger charge is -2.12. The number of hydrogen-bond acceptors (Lipinski definition) is 2. The van der Waals surface area contributed by atoms with Gasteiger partial charge in [0, 0.05) is 21.8 Å². The van der Waals surface area contributed by atoms with Crippen molar-refractivity contribution in [3.05, 3.63) is 95.1 Å². The lowest BCUT2D eigenvalue weighted by Crippen LogP contribution is -2.02. The summed E-state index contributed by atoms with van der Waals surface area (Å²) in [6.07, 6.45) is 0. The molecule has 5 aromatic rings. The van der Waals surface area contributed by atoms with Crippen molar-refractivity contribution in [1.82, 2.24) is 4.98 Å². The van der Waals surface area contributed by atoms with Crippen molar-refractivity contribution >= 4 is 33.7 Å². The fourth-order valence-electron chi connectivity index (χ4n) is 4.41. The van der Waals surface area contributed by atoms with Crippen molar-refractivity contribution in [3.63, 3.8) is 0 Å². The molecule has 1 aromatic heterocycles. The SMILES string of the molecule is Cc1c(C(=O)O)ccc(-c2ccc3[nH]c4ccc(-c5ccc(C(=O)O)cc5)cc4c3c2)c1C. The molecule has 0 unspecified atom stereocenters. The summed E-state index contributed by atoms with van der Waals surface area (Å²) in [6, 6.07) is 22.8. The number of nitrogens with one attached hydrogen (secondary N) is 1. The molecule has 0 saturated heterocycles. The fraction of sp³-hybridized carbons (Fsp3) is 0.0714. The Kier molecular flexibility index (Phi) is 4.75. The molecule has 0 amide bonds. The van der Waals surface area contributed by atoms with Gasteiger partial charge in [0.1, 0.15) is 0 Å². The largest absolute Gasteiger partial charge is 0.478 e. The van der Waals surface area contributed by atoms with Crippen LogP contribution in [0.4, 0.5) is 0 Å². The van der Waals surface area contributed by atoms with E-state index in [1.807, 2.05) is 56.3 Å². The smallest absolute Gasteiger partial charge is 0.335 e. The molecular formula is C28H21NO4. The molecule has 0 radical (unpaired) electrons. The van der Waals surface area contributed by atoms with Gasteiger partial charge in [0.15, 0.2) is 0 Å². The third-order valence-corrected chi connectivity index (χ3v) is 6.39. The van der Waals surface area contributed by atoms with Gasteiger partial charge in [-0.05, 0) is 89.7 Å². The predicted octanol–water partition coefficient (Wildman–Crippen LogP) is 6.67. The molecule has 3 N–H and O–H groups in total. The van der Waals surface area contributed by atoms with Gasteiger partial charge in [-0.2, -0.15) is 0 Å². The number of carboxylic acids is 2. The van der Waals surface area contributed by atoms with Gasteiger partial charge >= 0.3 is 11.9 Å². The number of aromatic carboxylic acids is 2. The van der Waals surface area contributed by atoms with Crippen molar-refractivity contribution in [3.8, 4) is 22.3 Å². The second-order valence-corrected chi connectivity index (χ2v) is 8.24. The number of rotatable bonds is 4. The van der Waals surface area contributed by atoms with Crippen LogP contribution >= 0.6 is 0 Å². The van der Waals surface area contributed by atoms with Crippen molar-refractivity contribution in [2.24, 2.45) is 0 Å². The van der Waals surface area contributed by atoms with Gasteiger partial charge in [-0.3, -0.25) is 0 Å². The number of carbonyl (C=O) groups is 2. The zero-order valence-electron chi connectivity index (χ0n) is 18.1. The highest BCUT2D eigenvalue weighted by Gasteiger charge is 2.14. The third kappa shape index (κ3) is 3.44. The first-order chi connectivity index (χ1) is 15.8. The van der Waals surface area contributed by atoms with Gasteiger partial charge in [0.05, 0.1) is 11.1 Å². The van der Waals surface area contributed by atoms with E-state index in [0.717, 1.165) is 55.2 Å². The van der Waals surface area contributed by atoms with Crippen LogP contribution in [0.2, 0.25) is 0 Å². The van der Waals surface area contributed by atoms with Crippen LogP contribution in [0.5, 0.6) is 0 Å². The molecule has 162 valence electrons. The molecule has 0 atom stereocenters. The van der Waals surface area contributed by atoms with Crippen LogP contribution in [0.1, 0.15) is 31.8 Å². The van der Waals surface area contributed by atoms with Crippen LogP contribution in [-0.4, -0.2) is 27.1 Å². The van der Waals surface area contributed by atoms with E-state index < -0.39 is 11.9 Å². The zero-order chi connectivity index (χ0) is 23.3. The van der Waals surface area contributed by atoms with Crippen molar-refractivity contribution in [2.75, 3.05) is 0 Å². The van der Waals surface area contributed by atoms with Crippen LogP contribution < -0.4 is 0 Å². The molecule has 0 fully saturated rings. The standard InChI is InChI=1S/C28H21NO4/c1-15-16(2)22(28(32)33)10-9-21(15)20-8-12-26-24(14-20)23-13-19(7-11-25(23)29-26)17-3-5-18(6-4-17)27(30)31/h3-14,29H,1-2H3,(H,30,31)(H,32,33). The number of carboxylic acid groups (broad SMARTS) is 2. The number of benzene rings is 4. The molecule has 0 aliphatic carbocycles. The van der Waals surface area contributed by atoms with Crippen LogP contribution in [0.25, 0.3) is 44.1 Å². The molecule has 33 heavy (non-hydrogen) atoms. The molecule has 0 aliphatic rings. The lowest BCUT2D eigenvalue weighted by atomic mass is 9.92. The van der Waals surface area contributed by atoms with Gasteiger partial charge in [-0.15, -0.1) is 0 Å². The number of aromatic amines is 1. The quantitative estimate of drug-likeness (QED) is 0.294. The highest BCUT2D eigenvalue weighted by Crippen LogP contribution is 2.35. The number of aromatic nitrogens is 1. The van der Waals surface area contributed by atoms with E-state index in [4.69, 9.17) is 5.11 Å². The molecule has 5 rings (SSSR count). The first kappa shape index (κ1) is 20.5. The minimum absolute atomic E-state index is 0.260. The molecule has 0 bridgehead atoms. The van der Waals surface area contributed by atoms with Crippen LogP contribution in [0.3, 0.4) is 0 Å². The molecule has 5 heteroatoms. The summed E-state index contributed by atoms with van der Waals surface area (Å²) >= 11 is 0. The molecule has 4 aromatic carbocycles. The van der Waals surface area contributed by atoms with Crippen LogP contribution in [-0.2, 0) is 0 Å². The Hall–Kier alpha value is -4.38. The number of fused-ring (bicyclic) bond motifs is 3. The molecule has 1 heterocycles. The Bertz CT molecular complexity index is 1580. The number of H-pyrrole nitrogens is 1. The summed E-state index contributed by atoms with van der Waals surface area (Å²) < 4.78 is 0. The zero-order valence-corrected chi connectivity index (χ0v) is 18.1. The summed E-state index contributed by atoms with van der Waals surface area (Å²) in [7, 11) is 0. The number of hydrogen-bond donors (Lipinski definition) is 3. The van der Waals surface area contributed by atoms with E-state index in [2.05, 4.69) is 17.1 Å². The second-order valence-electron chi connectivity index (χ2n) is 8.24. The first-order valence-corrected chi connectivity index (χ1v) is 10.6. The summed E-state index contributed by atoms with van der Waals surface area (Å²) in [5, 5.41) is 20.7. The van der Waals surface area contributed by atoms with Gasteiger partial charge in [0.25, 0.3) is 0 Å². The summed E-state index contributed by atoms with van der Waals surface area (Å²) in [5.74, 6) is -1.86. The van der Waals surface area contributed by atoms with Crippen molar-refractivity contribution in [2.45, 2.75) is 13.8 Å². The maximum Gasteiger partial charge on any atom is 0.335 e. The highest BCUT2D eigenvalue weighted by atomic mass is 16.4. The minimum Gasteiger partial charge on any atom is -0.478 e. The first-order valence-electron chi connectivity index (χ1n) is 10.6. The van der Waals surface area contributed by atoms with Gasteiger partial charge < -0.3 is 15.2 Å². The molecule has 0 spiro atoms. The monoisotopic (exact) mass is 435 g/mol. The normalized spacial score (nSPS) is 11.2. The Labute approximate surface area is 189 Å².